The van der Waals surface area contributed by atoms with Crippen molar-refractivity contribution in [3.05, 3.63) is 23.8 Å². The third kappa shape index (κ3) is 2.95. The quantitative estimate of drug-likeness (QED) is 0.572. The fourth-order valence-corrected chi connectivity index (χ4v) is 7.66. The minimum absolute atomic E-state index is 0.224. The molecule has 4 aliphatic carbocycles. The normalized spacial score (nSPS) is 48.0. The lowest BCUT2D eigenvalue weighted by molar-refractivity contribution is -0.341. The van der Waals surface area contributed by atoms with Gasteiger partial charge < -0.3 is 29.1 Å². The van der Waals surface area contributed by atoms with Crippen LogP contribution in [0.3, 0.4) is 0 Å². The van der Waals surface area contributed by atoms with E-state index in [-0.39, 0.29) is 18.6 Å². The zero-order valence-corrected chi connectivity index (χ0v) is 19.1. The molecule has 0 aromatic heterocycles. The Kier molecular flexibility index (Phi) is 5.34. The number of Topliss-reactive ketones (excluding diaryl/α,β-unsaturated/α-hetero) is 1. The van der Waals surface area contributed by atoms with Crippen LogP contribution < -0.4 is 9.79 Å². The first-order chi connectivity index (χ1) is 14.6. The number of carbonyl (C=O) groups excluding carboxylic acids is 2. The number of fused-ring (bicyclic) bond motifs is 5. The molecule has 4 aliphatic rings. The van der Waals surface area contributed by atoms with E-state index in [1.165, 1.54) is 18.2 Å². The molecule has 0 aliphatic heterocycles. The summed E-state index contributed by atoms with van der Waals surface area (Å²) in [5.41, 5.74) is -6.03. The monoisotopic (exact) mass is 470 g/mol. The van der Waals surface area contributed by atoms with E-state index in [1.807, 2.05) is 0 Å². The lowest BCUT2D eigenvalue weighted by atomic mass is 9.44. The Hall–Kier alpha value is -1.22. The topological polar surface area (TPSA) is 147 Å². The van der Waals surface area contributed by atoms with Crippen molar-refractivity contribution in [3.63, 3.8) is 0 Å². The van der Waals surface area contributed by atoms with Crippen LogP contribution in [0.1, 0.15) is 46.5 Å². The SMILES string of the molecule is C[C@H]1CC2C3CCC4=CC(=O)C=C[C@]4(C)[C@@]3(F)[C@@H](O)C[C@]2(C)[C@@]1(O)C(=O)COP(=O)([O-])[O-]. The Morgan fingerprint density at radius 3 is 2.62 bits per heavy atom. The summed E-state index contributed by atoms with van der Waals surface area (Å²) < 4.78 is 32.0. The van der Waals surface area contributed by atoms with Gasteiger partial charge in [0.2, 0.25) is 0 Å². The molecule has 3 saturated carbocycles. The van der Waals surface area contributed by atoms with Crippen molar-refractivity contribution >= 4 is 19.4 Å². The molecule has 0 bridgehead atoms. The zero-order valence-electron chi connectivity index (χ0n) is 18.2. The van der Waals surface area contributed by atoms with Crippen molar-refractivity contribution in [3.8, 4) is 0 Å². The molecule has 0 radical (unpaired) electrons. The minimum Gasteiger partial charge on any atom is -0.790 e. The minimum atomic E-state index is -5.43. The van der Waals surface area contributed by atoms with Gasteiger partial charge in [-0.1, -0.05) is 25.5 Å². The van der Waals surface area contributed by atoms with Gasteiger partial charge in [0.1, 0.15) is 12.2 Å². The van der Waals surface area contributed by atoms with Crippen LogP contribution in [-0.4, -0.2) is 45.8 Å². The van der Waals surface area contributed by atoms with E-state index in [4.69, 9.17) is 0 Å². The highest BCUT2D eigenvalue weighted by atomic mass is 31.2. The lowest BCUT2D eigenvalue weighted by Gasteiger charge is -2.62. The number of carbonyl (C=O) groups is 2. The van der Waals surface area contributed by atoms with E-state index in [0.29, 0.717) is 18.4 Å². The first-order valence-corrected chi connectivity index (χ1v) is 12.3. The molecule has 3 fully saturated rings. The van der Waals surface area contributed by atoms with E-state index >= 15 is 4.39 Å². The fourth-order valence-electron chi connectivity index (χ4n) is 7.39. The number of hydrogen-bond acceptors (Lipinski definition) is 8. The second-order valence-electron chi connectivity index (χ2n) is 10.3. The molecule has 8 atom stereocenters. The van der Waals surface area contributed by atoms with Gasteiger partial charge in [-0.25, -0.2) is 4.39 Å². The molecule has 0 aromatic carbocycles. The van der Waals surface area contributed by atoms with Crippen LogP contribution in [0.2, 0.25) is 0 Å². The molecule has 178 valence electrons. The van der Waals surface area contributed by atoms with Crippen molar-refractivity contribution in [2.75, 3.05) is 6.61 Å². The number of hydrogen-bond donors (Lipinski definition) is 2. The van der Waals surface area contributed by atoms with E-state index in [1.54, 1.807) is 20.8 Å². The summed E-state index contributed by atoms with van der Waals surface area (Å²) in [7, 11) is -5.43. The molecule has 2 N–H and O–H groups in total. The number of alkyl halides is 1. The Bertz CT molecular complexity index is 973. The zero-order chi connectivity index (χ0) is 23.9. The van der Waals surface area contributed by atoms with Gasteiger partial charge in [-0.05, 0) is 56.6 Å². The van der Waals surface area contributed by atoms with Gasteiger partial charge >= 0.3 is 0 Å². The van der Waals surface area contributed by atoms with Gasteiger partial charge in [-0.3, -0.25) is 9.59 Å². The average Bonchev–Trinajstić information content (AvgIpc) is 2.89. The maximum absolute atomic E-state index is 17.0. The molecule has 8 nitrogen and oxygen atoms in total. The van der Waals surface area contributed by atoms with Gasteiger partial charge in [0.15, 0.2) is 17.2 Å². The van der Waals surface area contributed by atoms with Gasteiger partial charge in [-0.2, -0.15) is 0 Å². The van der Waals surface area contributed by atoms with Crippen LogP contribution in [0, 0.1) is 28.6 Å². The molecular formula is C22H28FO8P-2. The first-order valence-electron chi connectivity index (χ1n) is 10.8. The second-order valence-corrected chi connectivity index (χ2v) is 11.5. The Morgan fingerprint density at radius 1 is 1.34 bits per heavy atom. The molecule has 0 saturated heterocycles. The molecule has 32 heavy (non-hydrogen) atoms. The number of aliphatic hydroxyl groups is 2. The van der Waals surface area contributed by atoms with Crippen molar-refractivity contribution in [1.82, 2.24) is 0 Å². The van der Waals surface area contributed by atoms with Crippen LogP contribution >= 0.6 is 7.82 Å². The predicted molar refractivity (Wildman–Crippen MR) is 106 cm³/mol. The highest BCUT2D eigenvalue weighted by Crippen LogP contribution is 2.70. The number of phosphoric ester groups is 1. The summed E-state index contributed by atoms with van der Waals surface area (Å²) in [6, 6.07) is 0. The maximum atomic E-state index is 17.0. The number of allylic oxidation sites excluding steroid dienone is 4. The van der Waals surface area contributed by atoms with E-state index in [2.05, 4.69) is 4.52 Å². The van der Waals surface area contributed by atoms with Gasteiger partial charge in [-0.15, -0.1) is 0 Å². The van der Waals surface area contributed by atoms with Crippen molar-refractivity contribution in [1.29, 1.82) is 0 Å². The average molecular weight is 470 g/mol. The number of ketones is 2. The second kappa shape index (κ2) is 7.14. The van der Waals surface area contributed by atoms with Crippen LogP contribution in [0.25, 0.3) is 0 Å². The molecular weight excluding hydrogens is 442 g/mol. The standard InChI is InChI=1S/C22H30FO8P/c1-12-8-16-15-5-4-13-9-14(24)6-7-19(13,2)21(15,23)17(25)10-20(16,3)22(12,27)18(26)11-31-32(28,29)30/h6-7,9,12,15-17,25,27H,4-5,8,10-11H2,1-3H3,(H2,28,29,30)/p-2/t12-,15?,16?,17-,19-,20-,21-,22-/m0/s1. The predicted octanol–water partition coefficient (Wildman–Crippen LogP) is 0.749. The third-order valence-electron chi connectivity index (χ3n) is 9.00. The maximum Gasteiger partial charge on any atom is 0.191 e. The van der Waals surface area contributed by atoms with Crippen molar-refractivity contribution in [2.24, 2.45) is 28.6 Å². The summed E-state index contributed by atoms with van der Waals surface area (Å²) in [5.74, 6) is -3.06. The lowest BCUT2D eigenvalue weighted by Crippen LogP contribution is -2.69. The molecule has 2 unspecified atom stereocenters. The summed E-state index contributed by atoms with van der Waals surface area (Å²) in [6.45, 7) is 3.80. The molecule has 10 heteroatoms. The Labute approximate surface area is 185 Å². The van der Waals surface area contributed by atoms with Gasteiger partial charge in [0.25, 0.3) is 0 Å². The summed E-state index contributed by atoms with van der Waals surface area (Å²) in [4.78, 5) is 46.6. The molecule has 0 heterocycles. The van der Waals surface area contributed by atoms with Crippen LogP contribution in [0.15, 0.2) is 23.8 Å². The summed E-state index contributed by atoms with van der Waals surface area (Å²) in [5, 5.41) is 22.8. The smallest absolute Gasteiger partial charge is 0.191 e. The van der Waals surface area contributed by atoms with Gasteiger partial charge in [0, 0.05) is 16.7 Å². The van der Waals surface area contributed by atoms with E-state index in [0.717, 1.165) is 0 Å². The molecule has 4 rings (SSSR count). The van der Waals surface area contributed by atoms with E-state index in [9.17, 15) is 34.2 Å². The molecule has 0 spiro atoms. The van der Waals surface area contributed by atoms with E-state index < -0.39 is 66.2 Å². The molecule has 0 amide bonds. The Morgan fingerprint density at radius 2 is 2.00 bits per heavy atom. The fraction of sp³-hybridized carbons (Fsp3) is 0.727. The van der Waals surface area contributed by atoms with Crippen molar-refractivity contribution in [2.45, 2.75) is 63.8 Å². The van der Waals surface area contributed by atoms with Crippen LogP contribution in [0.5, 0.6) is 0 Å². The number of phosphoric acid groups is 1. The van der Waals surface area contributed by atoms with Crippen LogP contribution in [0.4, 0.5) is 4.39 Å². The summed E-state index contributed by atoms with van der Waals surface area (Å²) >= 11 is 0. The summed E-state index contributed by atoms with van der Waals surface area (Å²) in [6.07, 6.45) is 3.54. The number of rotatable bonds is 4. The number of aliphatic hydroxyl groups excluding tert-OH is 1. The van der Waals surface area contributed by atoms with Crippen molar-refractivity contribution < 1.29 is 43.1 Å². The number of halogens is 1. The first kappa shape index (κ1) is 23.9. The Balaban J connectivity index is 1.74. The highest BCUT2D eigenvalue weighted by Gasteiger charge is 2.75. The highest BCUT2D eigenvalue weighted by molar-refractivity contribution is 7.43. The van der Waals surface area contributed by atoms with Crippen LogP contribution in [-0.2, 0) is 18.7 Å². The third-order valence-corrected chi connectivity index (χ3v) is 9.45. The van der Waals surface area contributed by atoms with Gasteiger partial charge in [0.05, 0.1) is 13.9 Å². The largest absolute Gasteiger partial charge is 0.790 e. The molecule has 0 aromatic rings.